The Kier molecular flexibility index (Phi) is 2.86. The van der Waals surface area contributed by atoms with E-state index >= 15 is 0 Å². The molecule has 8 heteroatoms. The first-order valence-corrected chi connectivity index (χ1v) is 8.56. The van der Waals surface area contributed by atoms with Crippen molar-refractivity contribution in [1.82, 2.24) is 14.3 Å². The van der Waals surface area contributed by atoms with Crippen LogP contribution in [0.3, 0.4) is 0 Å². The second-order valence-corrected chi connectivity index (χ2v) is 7.74. The molecular formula is C11H13N3O3S2. The molecule has 3 rings (SSSR count). The van der Waals surface area contributed by atoms with E-state index in [9.17, 15) is 13.2 Å². The van der Waals surface area contributed by atoms with Crippen LogP contribution in [0.2, 0.25) is 0 Å². The SMILES string of the molecule is CN(C(=O)c1csc2nccn12)C1CCS(=O)(=O)C1. The van der Waals surface area contributed by atoms with Gasteiger partial charge in [0.25, 0.3) is 5.91 Å². The third-order valence-electron chi connectivity index (χ3n) is 3.44. The monoisotopic (exact) mass is 299 g/mol. The van der Waals surface area contributed by atoms with Gasteiger partial charge in [-0.2, -0.15) is 0 Å². The van der Waals surface area contributed by atoms with Gasteiger partial charge in [0.1, 0.15) is 5.69 Å². The first-order valence-electron chi connectivity index (χ1n) is 5.86. The standard InChI is InChI=1S/C11H13N3O3S2/c1-13(8-2-5-19(16,17)7-8)10(15)9-6-18-11-12-3-4-14(9)11/h3-4,6,8H,2,5,7H2,1H3. The number of carbonyl (C=O) groups excluding carboxylic acids is 1. The van der Waals surface area contributed by atoms with Crippen LogP contribution in [0.4, 0.5) is 0 Å². The number of sulfone groups is 1. The first kappa shape index (κ1) is 12.6. The number of nitrogens with zero attached hydrogens (tertiary/aromatic N) is 3. The maximum Gasteiger partial charge on any atom is 0.271 e. The van der Waals surface area contributed by atoms with Crippen molar-refractivity contribution < 1.29 is 13.2 Å². The van der Waals surface area contributed by atoms with Crippen molar-refractivity contribution >= 4 is 32.0 Å². The van der Waals surface area contributed by atoms with Crippen molar-refractivity contribution in [2.24, 2.45) is 0 Å². The van der Waals surface area contributed by atoms with Gasteiger partial charge in [0.2, 0.25) is 0 Å². The van der Waals surface area contributed by atoms with E-state index in [2.05, 4.69) is 4.98 Å². The average molecular weight is 299 g/mol. The molecule has 0 bridgehead atoms. The molecule has 1 saturated heterocycles. The van der Waals surface area contributed by atoms with Gasteiger partial charge in [0.05, 0.1) is 11.5 Å². The van der Waals surface area contributed by atoms with Crippen LogP contribution in [0.5, 0.6) is 0 Å². The summed E-state index contributed by atoms with van der Waals surface area (Å²) < 4.78 is 24.7. The number of aromatic nitrogens is 2. The van der Waals surface area contributed by atoms with E-state index in [-0.39, 0.29) is 23.5 Å². The molecule has 1 atom stereocenters. The van der Waals surface area contributed by atoms with Crippen molar-refractivity contribution in [3.63, 3.8) is 0 Å². The highest BCUT2D eigenvalue weighted by Gasteiger charge is 2.33. The number of imidazole rings is 1. The number of fused-ring (bicyclic) bond motifs is 1. The van der Waals surface area contributed by atoms with Crippen molar-refractivity contribution in [3.05, 3.63) is 23.5 Å². The minimum Gasteiger partial charge on any atom is -0.336 e. The quantitative estimate of drug-likeness (QED) is 0.816. The molecule has 1 aliphatic heterocycles. The molecule has 19 heavy (non-hydrogen) atoms. The van der Waals surface area contributed by atoms with Gasteiger partial charge in [-0.15, -0.1) is 11.3 Å². The Morgan fingerprint density at radius 2 is 2.37 bits per heavy atom. The molecule has 0 saturated carbocycles. The molecule has 1 aliphatic rings. The lowest BCUT2D eigenvalue weighted by Crippen LogP contribution is -2.38. The summed E-state index contributed by atoms with van der Waals surface area (Å²) in [5.41, 5.74) is 0.532. The Morgan fingerprint density at radius 1 is 1.58 bits per heavy atom. The second-order valence-electron chi connectivity index (χ2n) is 4.67. The topological polar surface area (TPSA) is 71.8 Å². The van der Waals surface area contributed by atoms with Gasteiger partial charge < -0.3 is 4.90 Å². The zero-order valence-corrected chi connectivity index (χ0v) is 11.9. The highest BCUT2D eigenvalue weighted by atomic mass is 32.2. The Bertz CT molecular complexity index is 731. The minimum absolute atomic E-state index is 0.0620. The molecule has 1 amide bonds. The molecule has 102 valence electrons. The Labute approximate surface area is 114 Å². The molecule has 6 nitrogen and oxygen atoms in total. The van der Waals surface area contributed by atoms with Crippen LogP contribution in [0.25, 0.3) is 4.96 Å². The maximum absolute atomic E-state index is 12.4. The van der Waals surface area contributed by atoms with Gasteiger partial charge in [-0.1, -0.05) is 0 Å². The molecule has 2 aromatic rings. The Balaban J connectivity index is 1.86. The third-order valence-corrected chi connectivity index (χ3v) is 6.04. The minimum atomic E-state index is -2.98. The first-order chi connectivity index (χ1) is 8.98. The number of hydrogen-bond acceptors (Lipinski definition) is 5. The number of thiazole rings is 1. The summed E-state index contributed by atoms with van der Waals surface area (Å²) in [7, 11) is -1.32. The molecule has 0 aliphatic carbocycles. The van der Waals surface area contributed by atoms with E-state index in [1.165, 1.54) is 16.2 Å². The third kappa shape index (κ3) is 2.14. The largest absolute Gasteiger partial charge is 0.336 e. The van der Waals surface area contributed by atoms with E-state index in [0.29, 0.717) is 12.1 Å². The van der Waals surface area contributed by atoms with Gasteiger partial charge in [0.15, 0.2) is 14.8 Å². The van der Waals surface area contributed by atoms with Gasteiger partial charge in [-0.05, 0) is 6.42 Å². The van der Waals surface area contributed by atoms with Crippen molar-refractivity contribution in [3.8, 4) is 0 Å². The molecule has 0 radical (unpaired) electrons. The van der Waals surface area contributed by atoms with Gasteiger partial charge >= 0.3 is 0 Å². The summed E-state index contributed by atoms with van der Waals surface area (Å²) in [5, 5.41) is 1.75. The number of rotatable bonds is 2. The zero-order valence-electron chi connectivity index (χ0n) is 10.3. The molecule has 0 N–H and O–H groups in total. The summed E-state index contributed by atoms with van der Waals surface area (Å²) >= 11 is 1.39. The number of amides is 1. The fourth-order valence-corrected chi connectivity index (χ4v) is 4.91. The lowest BCUT2D eigenvalue weighted by Gasteiger charge is -2.22. The van der Waals surface area contributed by atoms with Crippen LogP contribution >= 0.6 is 11.3 Å². The van der Waals surface area contributed by atoms with E-state index in [4.69, 9.17) is 0 Å². The Morgan fingerprint density at radius 3 is 3.05 bits per heavy atom. The zero-order chi connectivity index (χ0) is 13.6. The van der Waals surface area contributed by atoms with E-state index < -0.39 is 9.84 Å². The number of carbonyl (C=O) groups is 1. The average Bonchev–Trinajstić information content (AvgIpc) is 3.01. The Hall–Kier alpha value is -1.41. The molecule has 2 aromatic heterocycles. The summed E-state index contributed by atoms with van der Waals surface area (Å²) in [4.78, 5) is 18.8. The van der Waals surface area contributed by atoms with E-state index in [0.717, 1.165) is 4.96 Å². The predicted molar refractivity (Wildman–Crippen MR) is 72.2 cm³/mol. The van der Waals surface area contributed by atoms with Crippen LogP contribution in [0.1, 0.15) is 16.9 Å². The van der Waals surface area contributed by atoms with Gasteiger partial charge in [0, 0.05) is 30.9 Å². The maximum atomic E-state index is 12.4. The molecular weight excluding hydrogens is 286 g/mol. The highest BCUT2D eigenvalue weighted by Crippen LogP contribution is 2.21. The predicted octanol–water partition coefficient (Wildman–Crippen LogP) is 0.655. The normalized spacial score (nSPS) is 21.8. The molecule has 1 unspecified atom stereocenters. The lowest BCUT2D eigenvalue weighted by atomic mass is 10.2. The lowest BCUT2D eigenvalue weighted by molar-refractivity contribution is 0.0741. The van der Waals surface area contributed by atoms with Crippen molar-refractivity contribution in [2.45, 2.75) is 12.5 Å². The second kappa shape index (κ2) is 4.31. The smallest absolute Gasteiger partial charge is 0.271 e. The number of hydrogen-bond donors (Lipinski definition) is 0. The summed E-state index contributed by atoms with van der Waals surface area (Å²) in [6, 6.07) is -0.226. The van der Waals surface area contributed by atoms with Crippen LogP contribution in [0.15, 0.2) is 17.8 Å². The molecule has 3 heterocycles. The van der Waals surface area contributed by atoms with Crippen LogP contribution < -0.4 is 0 Å². The van der Waals surface area contributed by atoms with Crippen LogP contribution in [-0.4, -0.2) is 53.2 Å². The fraction of sp³-hybridized carbons (Fsp3) is 0.455. The highest BCUT2D eigenvalue weighted by molar-refractivity contribution is 7.91. The molecule has 1 fully saturated rings. The van der Waals surface area contributed by atoms with Crippen LogP contribution in [-0.2, 0) is 9.84 Å². The molecule has 0 aromatic carbocycles. The summed E-state index contributed by atoms with van der Waals surface area (Å²) in [6.07, 6.45) is 3.89. The van der Waals surface area contributed by atoms with Gasteiger partial charge in [-0.25, -0.2) is 13.4 Å². The summed E-state index contributed by atoms with van der Waals surface area (Å²) in [5.74, 6) is 0.0672. The van der Waals surface area contributed by atoms with Crippen molar-refractivity contribution in [1.29, 1.82) is 0 Å². The summed E-state index contributed by atoms with van der Waals surface area (Å²) in [6.45, 7) is 0. The van der Waals surface area contributed by atoms with Gasteiger partial charge in [-0.3, -0.25) is 9.20 Å². The van der Waals surface area contributed by atoms with E-state index in [1.54, 1.807) is 29.2 Å². The molecule has 0 spiro atoms. The van der Waals surface area contributed by atoms with Crippen LogP contribution in [0, 0.1) is 0 Å². The van der Waals surface area contributed by atoms with Crippen molar-refractivity contribution in [2.75, 3.05) is 18.6 Å². The van der Waals surface area contributed by atoms with E-state index in [1.807, 2.05) is 0 Å². The fourth-order valence-electron chi connectivity index (χ4n) is 2.31.